The molecule has 3 atom stereocenters. The number of hydrogen-bond donors (Lipinski definition) is 3. The maximum absolute atomic E-state index is 10.4. The van der Waals surface area contributed by atoms with E-state index >= 15 is 0 Å². The molecule has 1 rings (SSSR count). The summed E-state index contributed by atoms with van der Waals surface area (Å²) < 4.78 is 5.07. The standard InChI is InChI=1S/C8H15NO4.ClH/c9-6(8(11)12)3-7(10)5-1-2-13-4-5;/h5-7,10H,1-4,9H2,(H,11,12);1H. The van der Waals surface area contributed by atoms with Crippen LogP contribution in [0.5, 0.6) is 0 Å². The third kappa shape index (κ3) is 3.79. The molecule has 1 heterocycles. The molecule has 0 aliphatic carbocycles. The normalized spacial score (nSPS) is 25.1. The van der Waals surface area contributed by atoms with Gasteiger partial charge < -0.3 is 20.7 Å². The average molecular weight is 226 g/mol. The van der Waals surface area contributed by atoms with Crippen molar-refractivity contribution in [2.75, 3.05) is 13.2 Å². The molecule has 5 nitrogen and oxygen atoms in total. The number of aliphatic hydroxyl groups is 1. The van der Waals surface area contributed by atoms with Crippen molar-refractivity contribution in [3.05, 3.63) is 0 Å². The summed E-state index contributed by atoms with van der Waals surface area (Å²) in [5.41, 5.74) is 5.28. The Morgan fingerprint density at radius 2 is 2.29 bits per heavy atom. The highest BCUT2D eigenvalue weighted by Gasteiger charge is 2.27. The van der Waals surface area contributed by atoms with Crippen molar-refractivity contribution < 1.29 is 19.7 Å². The van der Waals surface area contributed by atoms with Crippen LogP contribution >= 0.6 is 12.4 Å². The van der Waals surface area contributed by atoms with Crippen LogP contribution in [0, 0.1) is 5.92 Å². The van der Waals surface area contributed by atoms with Crippen LogP contribution in [0.4, 0.5) is 0 Å². The first-order valence-electron chi connectivity index (χ1n) is 4.35. The number of aliphatic carboxylic acids is 1. The number of halogens is 1. The number of rotatable bonds is 4. The van der Waals surface area contributed by atoms with Crippen LogP contribution in [0.25, 0.3) is 0 Å². The van der Waals surface area contributed by atoms with Crippen LogP contribution in [-0.2, 0) is 9.53 Å². The predicted molar refractivity (Wildman–Crippen MR) is 52.4 cm³/mol. The molecule has 0 aromatic heterocycles. The van der Waals surface area contributed by atoms with Crippen molar-refractivity contribution in [1.82, 2.24) is 0 Å². The van der Waals surface area contributed by atoms with Crippen LogP contribution in [0.2, 0.25) is 0 Å². The van der Waals surface area contributed by atoms with Gasteiger partial charge >= 0.3 is 5.97 Å². The van der Waals surface area contributed by atoms with Gasteiger partial charge in [0, 0.05) is 12.5 Å². The second-order valence-corrected chi connectivity index (χ2v) is 3.37. The van der Waals surface area contributed by atoms with E-state index in [1.54, 1.807) is 0 Å². The number of ether oxygens (including phenoxy) is 1. The van der Waals surface area contributed by atoms with Crippen molar-refractivity contribution in [2.24, 2.45) is 11.7 Å². The van der Waals surface area contributed by atoms with Gasteiger partial charge in [0.1, 0.15) is 6.04 Å². The zero-order valence-corrected chi connectivity index (χ0v) is 8.57. The van der Waals surface area contributed by atoms with Gasteiger partial charge in [0.25, 0.3) is 0 Å². The third-order valence-corrected chi connectivity index (χ3v) is 2.32. The lowest BCUT2D eigenvalue weighted by Crippen LogP contribution is -2.36. The summed E-state index contributed by atoms with van der Waals surface area (Å²) in [5, 5.41) is 18.1. The van der Waals surface area contributed by atoms with E-state index in [1.165, 1.54) is 0 Å². The van der Waals surface area contributed by atoms with Gasteiger partial charge in [-0.3, -0.25) is 4.79 Å². The smallest absolute Gasteiger partial charge is 0.320 e. The molecule has 0 aromatic carbocycles. The molecule has 0 aromatic rings. The average Bonchev–Trinajstić information content (AvgIpc) is 2.55. The summed E-state index contributed by atoms with van der Waals surface area (Å²) in [5.74, 6) is -1.02. The highest BCUT2D eigenvalue weighted by Crippen LogP contribution is 2.19. The summed E-state index contributed by atoms with van der Waals surface area (Å²) in [6.45, 7) is 1.15. The van der Waals surface area contributed by atoms with E-state index in [0.717, 1.165) is 6.42 Å². The molecule has 0 saturated carbocycles. The zero-order valence-electron chi connectivity index (χ0n) is 7.76. The molecule has 3 unspecified atom stereocenters. The maximum Gasteiger partial charge on any atom is 0.320 e. The van der Waals surface area contributed by atoms with Crippen LogP contribution in [0.15, 0.2) is 0 Å². The quantitative estimate of drug-likeness (QED) is 0.606. The Morgan fingerprint density at radius 3 is 2.71 bits per heavy atom. The van der Waals surface area contributed by atoms with Gasteiger partial charge in [-0.25, -0.2) is 0 Å². The van der Waals surface area contributed by atoms with E-state index in [-0.39, 0.29) is 24.7 Å². The second-order valence-electron chi connectivity index (χ2n) is 3.37. The summed E-state index contributed by atoms with van der Waals surface area (Å²) in [4.78, 5) is 10.4. The number of carboxylic acids is 1. The number of aliphatic hydroxyl groups excluding tert-OH is 1. The fraction of sp³-hybridized carbons (Fsp3) is 0.875. The Bertz CT molecular complexity index is 184. The summed E-state index contributed by atoms with van der Waals surface area (Å²) in [7, 11) is 0. The zero-order chi connectivity index (χ0) is 9.84. The maximum atomic E-state index is 10.4. The van der Waals surface area contributed by atoms with Gasteiger partial charge in [-0.05, 0) is 12.8 Å². The number of carboxylic acid groups (broad SMARTS) is 1. The topological polar surface area (TPSA) is 92.8 Å². The van der Waals surface area contributed by atoms with Crippen LogP contribution in [-0.4, -0.2) is 41.5 Å². The number of carbonyl (C=O) groups is 1. The molecule has 0 amide bonds. The monoisotopic (exact) mass is 225 g/mol. The first kappa shape index (κ1) is 13.6. The lowest BCUT2D eigenvalue weighted by atomic mass is 9.96. The van der Waals surface area contributed by atoms with Gasteiger partial charge in [-0.2, -0.15) is 0 Å². The molecule has 1 fully saturated rings. The van der Waals surface area contributed by atoms with Gasteiger partial charge in [0.05, 0.1) is 12.7 Å². The van der Waals surface area contributed by atoms with Crippen LogP contribution < -0.4 is 5.73 Å². The van der Waals surface area contributed by atoms with Crippen molar-refractivity contribution in [3.63, 3.8) is 0 Å². The van der Waals surface area contributed by atoms with Crippen molar-refractivity contribution >= 4 is 18.4 Å². The summed E-state index contributed by atoms with van der Waals surface area (Å²) in [6.07, 6.45) is 0.227. The molecule has 14 heavy (non-hydrogen) atoms. The minimum atomic E-state index is -1.07. The molecule has 0 spiro atoms. The molecule has 0 radical (unpaired) electrons. The van der Waals surface area contributed by atoms with E-state index in [1.807, 2.05) is 0 Å². The fourth-order valence-electron chi connectivity index (χ4n) is 1.41. The molecule has 4 N–H and O–H groups in total. The minimum absolute atomic E-state index is 0. The molecule has 0 bridgehead atoms. The Balaban J connectivity index is 0.00000169. The predicted octanol–water partition coefficient (Wildman–Crippen LogP) is -0.392. The Kier molecular flexibility index (Phi) is 6.03. The van der Waals surface area contributed by atoms with E-state index in [0.29, 0.717) is 13.2 Å². The first-order valence-corrected chi connectivity index (χ1v) is 4.35. The number of hydrogen-bond acceptors (Lipinski definition) is 4. The van der Waals surface area contributed by atoms with Gasteiger partial charge in [0.2, 0.25) is 0 Å². The van der Waals surface area contributed by atoms with Gasteiger partial charge in [0.15, 0.2) is 0 Å². The Morgan fingerprint density at radius 1 is 1.64 bits per heavy atom. The lowest BCUT2D eigenvalue weighted by molar-refractivity contribution is -0.139. The Labute approximate surface area is 88.6 Å². The Hall–Kier alpha value is -0.360. The van der Waals surface area contributed by atoms with E-state index in [4.69, 9.17) is 15.6 Å². The molecule has 1 aliphatic heterocycles. The minimum Gasteiger partial charge on any atom is -0.480 e. The molecule has 1 aliphatic rings. The van der Waals surface area contributed by atoms with Crippen molar-refractivity contribution in [3.8, 4) is 0 Å². The van der Waals surface area contributed by atoms with Crippen molar-refractivity contribution in [2.45, 2.75) is 25.0 Å². The molecule has 84 valence electrons. The third-order valence-electron chi connectivity index (χ3n) is 2.32. The lowest BCUT2D eigenvalue weighted by Gasteiger charge is -2.17. The van der Waals surface area contributed by atoms with Crippen LogP contribution in [0.1, 0.15) is 12.8 Å². The summed E-state index contributed by atoms with van der Waals surface area (Å²) >= 11 is 0. The highest BCUT2D eigenvalue weighted by molar-refractivity contribution is 5.85. The fourth-order valence-corrected chi connectivity index (χ4v) is 1.41. The van der Waals surface area contributed by atoms with E-state index < -0.39 is 18.1 Å². The molecular formula is C8H16ClNO4. The molecule has 1 saturated heterocycles. The van der Waals surface area contributed by atoms with Gasteiger partial charge in [-0.1, -0.05) is 0 Å². The summed E-state index contributed by atoms with van der Waals surface area (Å²) in [6, 6.07) is -0.976. The van der Waals surface area contributed by atoms with Gasteiger partial charge in [-0.15, -0.1) is 12.4 Å². The highest BCUT2D eigenvalue weighted by atomic mass is 35.5. The first-order chi connectivity index (χ1) is 6.11. The SMILES string of the molecule is Cl.NC(CC(O)C1CCOC1)C(=O)O. The number of nitrogens with two attached hydrogens (primary N) is 1. The van der Waals surface area contributed by atoms with E-state index in [9.17, 15) is 9.90 Å². The van der Waals surface area contributed by atoms with Crippen molar-refractivity contribution in [1.29, 1.82) is 0 Å². The van der Waals surface area contributed by atoms with Crippen LogP contribution in [0.3, 0.4) is 0 Å². The molecular weight excluding hydrogens is 210 g/mol. The second kappa shape index (κ2) is 6.19. The molecule has 6 heteroatoms. The largest absolute Gasteiger partial charge is 0.480 e. The van der Waals surface area contributed by atoms with E-state index in [2.05, 4.69) is 0 Å².